The minimum Gasteiger partial charge on any atom is -0.158 e. The summed E-state index contributed by atoms with van der Waals surface area (Å²) in [7, 11) is 0. The molecule has 0 fully saturated rings. The predicted molar refractivity (Wildman–Crippen MR) is 72.0 cm³/mol. The van der Waals surface area contributed by atoms with Crippen molar-refractivity contribution in [2.75, 3.05) is 0 Å². The number of fused-ring (bicyclic) bond motifs is 1. The van der Waals surface area contributed by atoms with Crippen LogP contribution < -0.4 is 0 Å². The van der Waals surface area contributed by atoms with Crippen LogP contribution in [0.1, 0.15) is 11.1 Å². The second-order valence-corrected chi connectivity index (χ2v) is 3.91. The van der Waals surface area contributed by atoms with Gasteiger partial charge in [0, 0.05) is 21.9 Å². The van der Waals surface area contributed by atoms with Gasteiger partial charge in [0.05, 0.1) is 12.4 Å². The van der Waals surface area contributed by atoms with Crippen LogP contribution in [0.2, 0.25) is 0 Å². The highest BCUT2D eigenvalue weighted by Gasteiger charge is 1.97. The molecule has 0 unspecified atom stereocenters. The fourth-order valence-electron chi connectivity index (χ4n) is 1.80. The molecule has 0 spiro atoms. The summed E-state index contributed by atoms with van der Waals surface area (Å²) in [5.41, 5.74) is 1.99. The van der Waals surface area contributed by atoms with Crippen LogP contribution in [0.5, 0.6) is 0 Å². The molecule has 0 aliphatic carbocycles. The maximum absolute atomic E-state index is 3.91. The molecule has 2 aromatic carbocycles. The Hall–Kier alpha value is -2.66. The minimum absolute atomic E-state index is 0.978. The van der Waals surface area contributed by atoms with Gasteiger partial charge in [-0.05, 0) is 18.2 Å². The lowest BCUT2D eigenvalue weighted by atomic mass is 10.1. The van der Waals surface area contributed by atoms with Gasteiger partial charge in [-0.15, -0.1) is 0 Å². The van der Waals surface area contributed by atoms with Crippen molar-refractivity contribution in [3.63, 3.8) is 0 Å². The van der Waals surface area contributed by atoms with E-state index in [4.69, 9.17) is 0 Å². The van der Waals surface area contributed by atoms with Gasteiger partial charge < -0.3 is 0 Å². The van der Waals surface area contributed by atoms with E-state index in [0.29, 0.717) is 0 Å². The van der Waals surface area contributed by atoms with E-state index >= 15 is 0 Å². The second-order valence-electron chi connectivity index (χ2n) is 3.91. The zero-order valence-electron chi connectivity index (χ0n) is 9.67. The van der Waals surface area contributed by atoms with Crippen molar-refractivity contribution in [3.05, 3.63) is 72.1 Å². The lowest BCUT2D eigenvalue weighted by Crippen LogP contribution is -1.84. The fourth-order valence-corrected chi connectivity index (χ4v) is 1.80. The molecule has 0 radical (unpaired) electrons. The topological polar surface area (TPSA) is 25.8 Å². The summed E-state index contributed by atoms with van der Waals surface area (Å²) >= 11 is 0. The molecule has 0 saturated heterocycles. The monoisotopic (exact) mass is 230 g/mol. The number of benzene rings is 2. The minimum atomic E-state index is 0.978. The first-order valence-corrected chi connectivity index (χ1v) is 5.70. The summed E-state index contributed by atoms with van der Waals surface area (Å²) in [6, 6.07) is 15.9. The normalized spacial score (nSPS) is 9.78. The number of rotatable bonds is 0. The molecule has 1 heterocycles. The van der Waals surface area contributed by atoms with Crippen LogP contribution in [0.25, 0.3) is 10.8 Å². The van der Waals surface area contributed by atoms with E-state index in [-0.39, 0.29) is 0 Å². The molecule has 2 heteroatoms. The van der Waals surface area contributed by atoms with E-state index in [9.17, 15) is 0 Å². The molecule has 3 rings (SSSR count). The number of hydrogen-bond acceptors (Lipinski definition) is 2. The summed E-state index contributed by atoms with van der Waals surface area (Å²) in [4.78, 5) is 0. The van der Waals surface area contributed by atoms with Crippen LogP contribution in [0.3, 0.4) is 0 Å². The maximum atomic E-state index is 3.91. The molecule has 84 valence electrons. The first-order chi connectivity index (χ1) is 8.93. The van der Waals surface area contributed by atoms with Crippen LogP contribution in [-0.2, 0) is 0 Å². The Labute approximate surface area is 105 Å². The lowest BCUT2D eigenvalue weighted by Gasteiger charge is -1.97. The molecule has 2 nitrogen and oxygen atoms in total. The largest absolute Gasteiger partial charge is 0.158 e. The third-order valence-corrected chi connectivity index (χ3v) is 2.71. The van der Waals surface area contributed by atoms with Crippen LogP contribution in [0.15, 0.2) is 60.9 Å². The Bertz CT molecular complexity index is 732. The standard InChI is InChI=1S/C16H10N2/c1-2-5-13(6-3-1)9-10-14-7-4-8-15-11-17-18-12-16(14)15/h1-8,11-12H. The summed E-state index contributed by atoms with van der Waals surface area (Å²) in [6.07, 6.45) is 3.51. The SMILES string of the molecule is C(#Cc1cccc2cnncc12)c1ccccc1. The first-order valence-electron chi connectivity index (χ1n) is 5.70. The van der Waals surface area contributed by atoms with Crippen LogP contribution in [0.4, 0.5) is 0 Å². The van der Waals surface area contributed by atoms with Crippen molar-refractivity contribution < 1.29 is 0 Å². The smallest absolute Gasteiger partial charge is 0.0587 e. The zero-order chi connectivity index (χ0) is 12.2. The van der Waals surface area contributed by atoms with Crippen LogP contribution in [0, 0.1) is 11.8 Å². The average molecular weight is 230 g/mol. The van der Waals surface area contributed by atoms with E-state index in [1.54, 1.807) is 12.4 Å². The Balaban J connectivity index is 2.09. The third-order valence-electron chi connectivity index (χ3n) is 2.71. The molecular formula is C16H10N2. The zero-order valence-corrected chi connectivity index (χ0v) is 9.67. The third kappa shape index (κ3) is 2.07. The predicted octanol–water partition coefficient (Wildman–Crippen LogP) is 3.03. The first kappa shape index (κ1) is 10.5. The van der Waals surface area contributed by atoms with Crippen molar-refractivity contribution in [1.29, 1.82) is 0 Å². The summed E-state index contributed by atoms with van der Waals surface area (Å²) in [6.45, 7) is 0. The highest BCUT2D eigenvalue weighted by molar-refractivity contribution is 5.86. The van der Waals surface area contributed by atoms with Crippen LogP contribution >= 0.6 is 0 Å². The van der Waals surface area contributed by atoms with Crippen molar-refractivity contribution in [1.82, 2.24) is 10.2 Å². The van der Waals surface area contributed by atoms with Gasteiger partial charge in [0.15, 0.2) is 0 Å². The highest BCUT2D eigenvalue weighted by atomic mass is 15.1. The van der Waals surface area contributed by atoms with Crippen molar-refractivity contribution in [2.45, 2.75) is 0 Å². The van der Waals surface area contributed by atoms with Gasteiger partial charge >= 0.3 is 0 Å². The summed E-state index contributed by atoms with van der Waals surface area (Å²) in [5.74, 6) is 6.34. The van der Waals surface area contributed by atoms with Crippen molar-refractivity contribution in [3.8, 4) is 11.8 Å². The Kier molecular flexibility index (Phi) is 2.73. The molecule has 0 aliphatic heterocycles. The molecular weight excluding hydrogens is 220 g/mol. The van der Waals surface area contributed by atoms with Gasteiger partial charge in [-0.2, -0.15) is 10.2 Å². The number of aromatic nitrogens is 2. The number of hydrogen-bond donors (Lipinski definition) is 0. The van der Waals surface area contributed by atoms with Gasteiger partial charge in [0.1, 0.15) is 0 Å². The number of nitrogens with zero attached hydrogens (tertiary/aromatic N) is 2. The Morgan fingerprint density at radius 2 is 1.56 bits per heavy atom. The molecule has 1 aromatic heterocycles. The van der Waals surface area contributed by atoms with Crippen molar-refractivity contribution in [2.24, 2.45) is 0 Å². The molecule has 0 saturated carbocycles. The Morgan fingerprint density at radius 1 is 0.722 bits per heavy atom. The fraction of sp³-hybridized carbons (Fsp3) is 0. The molecule has 0 N–H and O–H groups in total. The molecule has 3 aromatic rings. The quantitative estimate of drug-likeness (QED) is 0.555. The second kappa shape index (κ2) is 4.68. The van der Waals surface area contributed by atoms with Gasteiger partial charge in [0.2, 0.25) is 0 Å². The molecule has 0 bridgehead atoms. The molecule has 18 heavy (non-hydrogen) atoms. The van der Waals surface area contributed by atoms with E-state index in [0.717, 1.165) is 21.9 Å². The van der Waals surface area contributed by atoms with E-state index in [1.807, 2.05) is 48.5 Å². The Morgan fingerprint density at radius 3 is 2.44 bits per heavy atom. The maximum Gasteiger partial charge on any atom is 0.0587 e. The van der Waals surface area contributed by atoms with Gasteiger partial charge in [-0.25, -0.2) is 0 Å². The van der Waals surface area contributed by atoms with E-state index in [2.05, 4.69) is 22.0 Å². The van der Waals surface area contributed by atoms with Gasteiger partial charge in [-0.1, -0.05) is 42.2 Å². The van der Waals surface area contributed by atoms with Crippen molar-refractivity contribution >= 4 is 10.8 Å². The summed E-state index contributed by atoms with van der Waals surface area (Å²) < 4.78 is 0. The van der Waals surface area contributed by atoms with E-state index in [1.165, 1.54) is 0 Å². The summed E-state index contributed by atoms with van der Waals surface area (Å²) in [5, 5.41) is 9.88. The van der Waals surface area contributed by atoms with E-state index < -0.39 is 0 Å². The lowest BCUT2D eigenvalue weighted by molar-refractivity contribution is 1.05. The van der Waals surface area contributed by atoms with Gasteiger partial charge in [0.25, 0.3) is 0 Å². The van der Waals surface area contributed by atoms with Gasteiger partial charge in [-0.3, -0.25) is 0 Å². The highest BCUT2D eigenvalue weighted by Crippen LogP contribution is 2.15. The molecule has 0 aliphatic rings. The molecule has 0 atom stereocenters. The molecule has 0 amide bonds. The average Bonchev–Trinajstić information content (AvgIpc) is 2.46. The van der Waals surface area contributed by atoms with Crippen LogP contribution in [-0.4, -0.2) is 10.2 Å².